The zero-order valence-corrected chi connectivity index (χ0v) is 10.9. The molecule has 2 N–H and O–H groups in total. The van der Waals surface area contributed by atoms with Gasteiger partial charge in [-0.15, -0.1) is 6.42 Å². The molecular weight excluding hydrogens is 264 g/mol. The fraction of sp³-hybridized carbons (Fsp3) is 0.333. The summed E-state index contributed by atoms with van der Waals surface area (Å²) < 4.78 is 4.66. The van der Waals surface area contributed by atoms with E-state index in [-0.39, 0.29) is 18.9 Å². The molecule has 20 heavy (non-hydrogen) atoms. The van der Waals surface area contributed by atoms with E-state index in [1.54, 1.807) is 6.92 Å². The summed E-state index contributed by atoms with van der Waals surface area (Å²) in [5.74, 6) is 1.14. The summed E-state index contributed by atoms with van der Waals surface area (Å²) in [6, 6.07) is 1.53. The van der Waals surface area contributed by atoms with Gasteiger partial charge in [0.15, 0.2) is 5.71 Å². The van der Waals surface area contributed by atoms with Crippen LogP contribution in [0, 0.1) is 12.3 Å². The van der Waals surface area contributed by atoms with Crippen molar-refractivity contribution in [2.45, 2.75) is 6.92 Å². The lowest BCUT2D eigenvalue weighted by Gasteiger charge is -2.04. The van der Waals surface area contributed by atoms with Crippen LogP contribution in [0.15, 0.2) is 17.4 Å². The Morgan fingerprint density at radius 2 is 2.40 bits per heavy atom. The third-order valence-corrected chi connectivity index (χ3v) is 1.97. The molecule has 0 unspecified atom stereocenters. The second kappa shape index (κ2) is 8.31. The maximum Gasteiger partial charge on any atom is 0.347 e. The molecule has 0 saturated heterocycles. The number of H-pyrrole nitrogens is 1. The maximum atomic E-state index is 11.8. The highest BCUT2D eigenvalue weighted by Crippen LogP contribution is 1.98. The molecular formula is C12H14N4O4. The highest BCUT2D eigenvalue weighted by Gasteiger charge is 2.16. The molecule has 0 aliphatic heterocycles. The molecule has 0 aliphatic carbocycles. The topological polar surface area (TPSA) is 106 Å². The van der Waals surface area contributed by atoms with Gasteiger partial charge in [0.1, 0.15) is 0 Å². The van der Waals surface area contributed by atoms with Crippen LogP contribution in [0.2, 0.25) is 0 Å². The molecule has 1 aromatic rings. The van der Waals surface area contributed by atoms with Crippen molar-refractivity contribution in [3.63, 3.8) is 0 Å². The van der Waals surface area contributed by atoms with E-state index in [4.69, 9.17) is 11.3 Å². The van der Waals surface area contributed by atoms with Crippen LogP contribution in [0.1, 0.15) is 12.6 Å². The molecule has 106 valence electrons. The van der Waals surface area contributed by atoms with Crippen molar-refractivity contribution in [1.29, 1.82) is 0 Å². The molecule has 1 rings (SSSR count). The third kappa shape index (κ3) is 4.81. The van der Waals surface area contributed by atoms with Crippen LogP contribution < -0.4 is 5.32 Å². The third-order valence-electron chi connectivity index (χ3n) is 1.97. The summed E-state index contributed by atoms with van der Waals surface area (Å²) >= 11 is 0. The van der Waals surface area contributed by atoms with Crippen LogP contribution in [0.25, 0.3) is 0 Å². The molecule has 8 heteroatoms. The molecule has 1 heterocycles. The van der Waals surface area contributed by atoms with Crippen LogP contribution in [0.5, 0.6) is 0 Å². The molecule has 1 amide bonds. The first kappa shape index (κ1) is 15.2. The second-order valence-corrected chi connectivity index (χ2v) is 3.38. The normalized spacial score (nSPS) is 10.5. The largest absolute Gasteiger partial charge is 0.463 e. The minimum atomic E-state index is -0.579. The monoisotopic (exact) mass is 278 g/mol. The number of carbonyl (C=O) groups excluding carboxylic acids is 2. The van der Waals surface area contributed by atoms with Crippen molar-refractivity contribution >= 4 is 17.6 Å². The van der Waals surface area contributed by atoms with Gasteiger partial charge in [0, 0.05) is 6.20 Å². The smallest absolute Gasteiger partial charge is 0.347 e. The first-order chi connectivity index (χ1) is 9.69. The van der Waals surface area contributed by atoms with Crippen molar-refractivity contribution < 1.29 is 19.2 Å². The van der Waals surface area contributed by atoms with Gasteiger partial charge in [-0.05, 0) is 13.0 Å². The number of carbonyl (C=O) groups is 2. The highest BCUT2D eigenvalue weighted by atomic mass is 16.7. The van der Waals surface area contributed by atoms with Crippen molar-refractivity contribution in [1.82, 2.24) is 15.5 Å². The fourth-order valence-corrected chi connectivity index (χ4v) is 1.17. The Hall–Kier alpha value is -2.82. The van der Waals surface area contributed by atoms with Crippen molar-refractivity contribution in [3.05, 3.63) is 18.0 Å². The predicted octanol–water partition coefficient (Wildman–Crippen LogP) is -0.557. The Morgan fingerprint density at radius 3 is 3.00 bits per heavy atom. The quantitative estimate of drug-likeness (QED) is 0.301. The van der Waals surface area contributed by atoms with Gasteiger partial charge in [0.05, 0.1) is 18.8 Å². The summed E-state index contributed by atoms with van der Waals surface area (Å²) in [6.45, 7) is 1.56. The number of terminal acetylenes is 1. The molecule has 0 fully saturated rings. The number of oxime groups is 1. The molecule has 0 saturated carbocycles. The number of rotatable bonds is 7. The first-order valence-corrected chi connectivity index (χ1v) is 5.76. The molecule has 8 nitrogen and oxygen atoms in total. The maximum absolute atomic E-state index is 11.8. The van der Waals surface area contributed by atoms with E-state index in [1.807, 2.05) is 0 Å². The number of esters is 1. The number of aromatic amines is 1. The molecule has 0 atom stereocenters. The standard InChI is InChI=1S/C12H14N4O4/c1-3-6-13-12(18)11(9-5-7-14-15-9)16-20-8-10(17)19-4-2/h1,5,7H,4,6,8H2,2H3,(H,13,18)(H,14,15)/b16-11+. The van der Waals surface area contributed by atoms with E-state index < -0.39 is 18.5 Å². The van der Waals surface area contributed by atoms with Crippen LogP contribution in [-0.2, 0) is 19.2 Å². The Kier molecular flexibility index (Phi) is 6.33. The van der Waals surface area contributed by atoms with E-state index in [0.29, 0.717) is 5.69 Å². The predicted molar refractivity (Wildman–Crippen MR) is 69.6 cm³/mol. The van der Waals surface area contributed by atoms with Crippen molar-refractivity contribution in [2.24, 2.45) is 5.16 Å². The lowest BCUT2D eigenvalue weighted by molar-refractivity contribution is -0.148. The van der Waals surface area contributed by atoms with E-state index in [1.165, 1.54) is 12.3 Å². The number of amides is 1. The van der Waals surface area contributed by atoms with E-state index in [2.05, 4.69) is 31.3 Å². The lowest BCUT2D eigenvalue weighted by Crippen LogP contribution is -2.32. The minimum Gasteiger partial charge on any atom is -0.463 e. The van der Waals surface area contributed by atoms with Crippen molar-refractivity contribution in [2.75, 3.05) is 19.8 Å². The van der Waals surface area contributed by atoms with Gasteiger partial charge in [-0.25, -0.2) is 4.79 Å². The Morgan fingerprint density at radius 1 is 1.60 bits per heavy atom. The Labute approximate surface area is 115 Å². The minimum absolute atomic E-state index is 0.0455. The second-order valence-electron chi connectivity index (χ2n) is 3.38. The van der Waals surface area contributed by atoms with Gasteiger partial charge in [0.2, 0.25) is 6.61 Å². The fourth-order valence-electron chi connectivity index (χ4n) is 1.17. The summed E-state index contributed by atoms with van der Waals surface area (Å²) in [5.41, 5.74) is 0.269. The van der Waals surface area contributed by atoms with Crippen LogP contribution in [0.3, 0.4) is 0 Å². The zero-order valence-electron chi connectivity index (χ0n) is 10.9. The number of nitrogens with zero attached hydrogens (tertiary/aromatic N) is 2. The van der Waals surface area contributed by atoms with Crippen LogP contribution >= 0.6 is 0 Å². The van der Waals surface area contributed by atoms with Gasteiger partial charge in [-0.3, -0.25) is 9.89 Å². The van der Waals surface area contributed by atoms with Gasteiger partial charge in [0.25, 0.3) is 5.91 Å². The van der Waals surface area contributed by atoms with E-state index in [0.717, 1.165) is 0 Å². The molecule has 0 aliphatic rings. The molecule has 0 aromatic carbocycles. The van der Waals surface area contributed by atoms with E-state index in [9.17, 15) is 9.59 Å². The summed E-state index contributed by atoms with van der Waals surface area (Å²) in [7, 11) is 0. The van der Waals surface area contributed by atoms with Gasteiger partial charge < -0.3 is 14.9 Å². The summed E-state index contributed by atoms with van der Waals surface area (Å²) in [6.07, 6.45) is 6.50. The highest BCUT2D eigenvalue weighted by molar-refractivity contribution is 6.44. The first-order valence-electron chi connectivity index (χ1n) is 5.76. The number of nitrogens with one attached hydrogen (secondary N) is 2. The van der Waals surface area contributed by atoms with Gasteiger partial charge in [-0.1, -0.05) is 11.1 Å². The van der Waals surface area contributed by atoms with E-state index >= 15 is 0 Å². The summed E-state index contributed by atoms with van der Waals surface area (Å²) in [4.78, 5) is 27.7. The SMILES string of the molecule is C#CCNC(=O)/C(=N/OCC(=O)OCC)c1ccn[nH]1. The Bertz CT molecular complexity index is 516. The van der Waals surface area contributed by atoms with Gasteiger partial charge in [-0.2, -0.15) is 5.10 Å². The zero-order chi connectivity index (χ0) is 14.8. The average molecular weight is 278 g/mol. The number of hydrogen-bond donors (Lipinski definition) is 2. The number of ether oxygens (including phenoxy) is 1. The lowest BCUT2D eigenvalue weighted by atomic mass is 10.2. The number of aromatic nitrogens is 2. The molecule has 1 aromatic heterocycles. The molecule has 0 spiro atoms. The van der Waals surface area contributed by atoms with Crippen LogP contribution in [0.4, 0.5) is 0 Å². The summed E-state index contributed by atoms with van der Waals surface area (Å²) in [5, 5.41) is 12.3. The molecule has 0 bridgehead atoms. The average Bonchev–Trinajstić information content (AvgIpc) is 2.95. The number of hydrogen-bond acceptors (Lipinski definition) is 6. The molecule has 0 radical (unpaired) electrons. The van der Waals surface area contributed by atoms with Crippen LogP contribution in [-0.4, -0.2) is 47.5 Å². The Balaban J connectivity index is 2.71. The van der Waals surface area contributed by atoms with Gasteiger partial charge >= 0.3 is 5.97 Å². The van der Waals surface area contributed by atoms with Crippen molar-refractivity contribution in [3.8, 4) is 12.3 Å².